The molecule has 1 aromatic heterocycles. The molecule has 6 nitrogen and oxygen atoms in total. The number of anilines is 2. The van der Waals surface area contributed by atoms with Gasteiger partial charge in [0.1, 0.15) is 0 Å². The molecule has 1 aliphatic heterocycles. The van der Waals surface area contributed by atoms with Crippen LogP contribution in [0.1, 0.15) is 23.2 Å². The number of benzene rings is 2. The molecule has 0 atom stereocenters. The first-order valence-electron chi connectivity index (χ1n) is 9.28. The summed E-state index contributed by atoms with van der Waals surface area (Å²) in [6.45, 7) is 4.11. The number of aromatic nitrogens is 1. The van der Waals surface area contributed by atoms with Crippen molar-refractivity contribution in [1.29, 1.82) is 0 Å². The second-order valence-electron chi connectivity index (χ2n) is 7.06. The molecule has 0 saturated heterocycles. The van der Waals surface area contributed by atoms with Gasteiger partial charge in [0.05, 0.1) is 22.0 Å². The van der Waals surface area contributed by atoms with Crippen molar-refractivity contribution in [1.82, 2.24) is 5.16 Å². The van der Waals surface area contributed by atoms with Gasteiger partial charge in [-0.3, -0.25) is 4.31 Å². The fourth-order valence-corrected chi connectivity index (χ4v) is 5.52. The van der Waals surface area contributed by atoms with Crippen LogP contribution in [0.4, 0.5) is 11.4 Å². The Labute approximate surface area is 165 Å². The summed E-state index contributed by atoms with van der Waals surface area (Å²) in [7, 11) is -1.92. The third-order valence-electron chi connectivity index (χ3n) is 5.11. The Balaban J connectivity index is 1.85. The van der Waals surface area contributed by atoms with Gasteiger partial charge in [-0.05, 0) is 49.9 Å². The van der Waals surface area contributed by atoms with Crippen molar-refractivity contribution in [3.63, 3.8) is 0 Å². The lowest BCUT2D eigenvalue weighted by atomic mass is 10.0. The van der Waals surface area contributed by atoms with Crippen molar-refractivity contribution in [2.24, 2.45) is 0 Å². The number of hydrogen-bond donors (Lipinski definition) is 1. The lowest BCUT2D eigenvalue weighted by molar-refractivity contribution is 0.427. The highest BCUT2D eigenvalue weighted by atomic mass is 32.2. The van der Waals surface area contributed by atoms with E-state index in [1.165, 1.54) is 4.31 Å². The number of nitrogens with zero attached hydrogens (tertiary/aromatic N) is 2. The van der Waals surface area contributed by atoms with Crippen LogP contribution in [0.15, 0.2) is 51.9 Å². The molecule has 0 fully saturated rings. The van der Waals surface area contributed by atoms with Crippen LogP contribution in [0.2, 0.25) is 0 Å². The molecule has 0 aliphatic carbocycles. The Bertz CT molecular complexity index is 1120. The Morgan fingerprint density at radius 2 is 1.96 bits per heavy atom. The van der Waals surface area contributed by atoms with Crippen LogP contribution in [-0.2, 0) is 16.4 Å². The number of sulfonamides is 1. The van der Waals surface area contributed by atoms with Crippen LogP contribution < -0.4 is 9.62 Å². The van der Waals surface area contributed by atoms with Gasteiger partial charge in [0.25, 0.3) is 10.0 Å². The number of aryl methyl sites for hydroxylation is 3. The van der Waals surface area contributed by atoms with E-state index in [4.69, 9.17) is 4.52 Å². The molecule has 2 heterocycles. The summed E-state index contributed by atoms with van der Waals surface area (Å²) in [4.78, 5) is 0.290. The number of hydrogen-bond acceptors (Lipinski definition) is 5. The SMILES string of the molecule is CNc1cccc2c1N(S(=O)(=O)c1cc(-c3cc(C)no3)ccc1C)CCC2. The molecule has 0 spiro atoms. The molecule has 1 N–H and O–H groups in total. The van der Waals surface area contributed by atoms with Crippen molar-refractivity contribution in [3.05, 3.63) is 59.3 Å². The summed E-state index contributed by atoms with van der Waals surface area (Å²) >= 11 is 0. The maximum atomic E-state index is 13.7. The Morgan fingerprint density at radius 1 is 1.14 bits per heavy atom. The van der Waals surface area contributed by atoms with Crippen molar-refractivity contribution in [2.75, 3.05) is 23.2 Å². The van der Waals surface area contributed by atoms with E-state index in [1.807, 2.05) is 51.2 Å². The van der Waals surface area contributed by atoms with E-state index in [1.54, 1.807) is 12.1 Å². The molecule has 0 bridgehead atoms. The number of rotatable bonds is 4. The third-order valence-corrected chi connectivity index (χ3v) is 7.06. The van der Waals surface area contributed by atoms with Crippen LogP contribution in [0, 0.1) is 13.8 Å². The van der Waals surface area contributed by atoms with Crippen LogP contribution >= 0.6 is 0 Å². The van der Waals surface area contributed by atoms with Gasteiger partial charge in [-0.1, -0.05) is 29.4 Å². The minimum atomic E-state index is -3.73. The quantitative estimate of drug-likeness (QED) is 0.716. The van der Waals surface area contributed by atoms with Gasteiger partial charge in [-0.2, -0.15) is 0 Å². The topological polar surface area (TPSA) is 75.4 Å². The number of nitrogens with one attached hydrogen (secondary N) is 1. The van der Waals surface area contributed by atoms with E-state index >= 15 is 0 Å². The van der Waals surface area contributed by atoms with Crippen LogP contribution in [0.3, 0.4) is 0 Å². The summed E-state index contributed by atoms with van der Waals surface area (Å²) in [6.07, 6.45) is 1.66. The normalized spacial score (nSPS) is 14.0. The molecule has 0 unspecified atom stereocenters. The number of para-hydroxylation sites is 1. The molecule has 28 heavy (non-hydrogen) atoms. The lowest BCUT2D eigenvalue weighted by Crippen LogP contribution is -2.36. The molecule has 146 valence electrons. The standard InChI is InChI=1S/C21H23N3O3S/c1-14-9-10-17(19-12-15(2)23-27-19)13-20(14)28(25,26)24-11-5-7-16-6-4-8-18(22-3)21(16)24/h4,6,8-10,12-13,22H,5,7,11H2,1-3H3. The zero-order valence-electron chi connectivity index (χ0n) is 16.2. The summed E-state index contributed by atoms with van der Waals surface area (Å²) in [5.74, 6) is 0.559. The van der Waals surface area contributed by atoms with Gasteiger partial charge < -0.3 is 9.84 Å². The molecule has 0 amide bonds. The van der Waals surface area contributed by atoms with Crippen LogP contribution in [-0.4, -0.2) is 27.2 Å². The second-order valence-corrected chi connectivity index (χ2v) is 8.89. The largest absolute Gasteiger partial charge is 0.386 e. The molecule has 2 aromatic carbocycles. The fraction of sp³-hybridized carbons (Fsp3) is 0.286. The predicted molar refractivity (Wildman–Crippen MR) is 110 cm³/mol. The summed E-state index contributed by atoms with van der Waals surface area (Å²) in [5, 5.41) is 7.04. The van der Waals surface area contributed by atoms with Crippen molar-refractivity contribution in [3.8, 4) is 11.3 Å². The first kappa shape index (κ1) is 18.6. The van der Waals surface area contributed by atoms with E-state index in [0.717, 1.165) is 35.5 Å². The Morgan fingerprint density at radius 3 is 2.68 bits per heavy atom. The highest BCUT2D eigenvalue weighted by molar-refractivity contribution is 7.93. The van der Waals surface area contributed by atoms with Gasteiger partial charge in [-0.15, -0.1) is 0 Å². The summed E-state index contributed by atoms with van der Waals surface area (Å²) in [6, 6.07) is 13.0. The van der Waals surface area contributed by atoms with E-state index in [2.05, 4.69) is 10.5 Å². The maximum absolute atomic E-state index is 13.7. The zero-order valence-corrected chi connectivity index (χ0v) is 17.0. The molecule has 1 aliphatic rings. The number of fused-ring (bicyclic) bond motifs is 1. The Kier molecular flexibility index (Phi) is 4.63. The summed E-state index contributed by atoms with van der Waals surface area (Å²) < 4.78 is 34.2. The zero-order chi connectivity index (χ0) is 19.9. The van der Waals surface area contributed by atoms with Crippen LogP contribution in [0.25, 0.3) is 11.3 Å². The maximum Gasteiger partial charge on any atom is 0.264 e. The third kappa shape index (κ3) is 3.05. The van der Waals surface area contributed by atoms with Crippen LogP contribution in [0.5, 0.6) is 0 Å². The minimum absolute atomic E-state index is 0.290. The van der Waals surface area contributed by atoms with E-state index in [0.29, 0.717) is 23.4 Å². The van der Waals surface area contributed by atoms with Gasteiger partial charge in [0.15, 0.2) is 5.76 Å². The van der Waals surface area contributed by atoms with Gasteiger partial charge in [0.2, 0.25) is 0 Å². The van der Waals surface area contributed by atoms with Crippen molar-refractivity contribution in [2.45, 2.75) is 31.6 Å². The van der Waals surface area contributed by atoms with E-state index < -0.39 is 10.0 Å². The first-order valence-corrected chi connectivity index (χ1v) is 10.7. The first-order chi connectivity index (χ1) is 13.4. The van der Waals surface area contributed by atoms with Gasteiger partial charge >= 0.3 is 0 Å². The smallest absolute Gasteiger partial charge is 0.264 e. The molecule has 4 rings (SSSR count). The molecule has 0 saturated carbocycles. The minimum Gasteiger partial charge on any atom is -0.386 e. The van der Waals surface area contributed by atoms with E-state index in [9.17, 15) is 8.42 Å². The summed E-state index contributed by atoms with van der Waals surface area (Å²) in [5.41, 5.74) is 4.76. The van der Waals surface area contributed by atoms with Gasteiger partial charge in [0, 0.05) is 25.2 Å². The highest BCUT2D eigenvalue weighted by Gasteiger charge is 2.32. The van der Waals surface area contributed by atoms with Crippen molar-refractivity contribution < 1.29 is 12.9 Å². The average molecular weight is 398 g/mol. The fourth-order valence-electron chi connectivity index (χ4n) is 3.70. The molecule has 0 radical (unpaired) electrons. The molecular weight excluding hydrogens is 374 g/mol. The molecule has 7 heteroatoms. The van der Waals surface area contributed by atoms with Gasteiger partial charge in [-0.25, -0.2) is 8.42 Å². The Hall–Kier alpha value is -2.80. The lowest BCUT2D eigenvalue weighted by Gasteiger charge is -2.32. The second kappa shape index (κ2) is 6.98. The highest BCUT2D eigenvalue weighted by Crippen LogP contribution is 2.39. The predicted octanol–water partition coefficient (Wildman–Crippen LogP) is 4.14. The van der Waals surface area contributed by atoms with E-state index in [-0.39, 0.29) is 4.90 Å². The molecule has 3 aromatic rings. The average Bonchev–Trinajstić information content (AvgIpc) is 3.13. The molecular formula is C21H23N3O3S. The monoisotopic (exact) mass is 397 g/mol. The van der Waals surface area contributed by atoms with Crippen molar-refractivity contribution >= 4 is 21.4 Å².